The minimum absolute atomic E-state index is 0.851. The quantitative estimate of drug-likeness (QED) is 0.763. The number of aliphatic carboxylic acids is 2. The van der Waals surface area contributed by atoms with Crippen molar-refractivity contribution < 1.29 is 19.8 Å². The molecule has 7 heteroatoms. The van der Waals surface area contributed by atoms with Gasteiger partial charge in [0.2, 0.25) is 0 Å². The lowest BCUT2D eigenvalue weighted by Gasteiger charge is -2.41. The van der Waals surface area contributed by atoms with E-state index in [1.807, 2.05) is 12.1 Å². The van der Waals surface area contributed by atoms with Crippen LogP contribution in [0.25, 0.3) is 0 Å². The second-order valence-electron chi connectivity index (χ2n) is 7.43. The molecule has 6 nitrogen and oxygen atoms in total. The first-order valence-corrected chi connectivity index (χ1v) is 9.90. The Morgan fingerprint density at radius 2 is 1.56 bits per heavy atom. The smallest absolute Gasteiger partial charge is 0.414 e. The van der Waals surface area contributed by atoms with Crippen LogP contribution in [0.3, 0.4) is 0 Å². The number of hydrogen-bond acceptors (Lipinski definition) is 4. The Hall–Kier alpha value is -1.63. The molecule has 1 saturated carbocycles. The molecule has 2 fully saturated rings. The van der Waals surface area contributed by atoms with Crippen LogP contribution in [-0.4, -0.2) is 64.2 Å². The number of rotatable bonds is 3. The molecule has 0 unspecified atom stereocenters. The van der Waals surface area contributed by atoms with Gasteiger partial charge in [0.1, 0.15) is 0 Å². The fourth-order valence-corrected chi connectivity index (χ4v) is 3.96. The molecule has 1 saturated heterocycles. The Morgan fingerprint density at radius 3 is 2.07 bits per heavy atom. The molecule has 1 aliphatic carbocycles. The molecule has 1 aromatic carbocycles. The molecule has 0 amide bonds. The van der Waals surface area contributed by atoms with Gasteiger partial charge in [0.15, 0.2) is 0 Å². The van der Waals surface area contributed by atoms with E-state index in [2.05, 4.69) is 28.9 Å². The van der Waals surface area contributed by atoms with Crippen LogP contribution in [0.2, 0.25) is 5.02 Å². The molecule has 1 heterocycles. The molecule has 150 valence electrons. The van der Waals surface area contributed by atoms with Crippen molar-refractivity contribution in [2.75, 3.05) is 26.2 Å². The highest BCUT2D eigenvalue weighted by Gasteiger charge is 2.27. The van der Waals surface area contributed by atoms with E-state index in [4.69, 9.17) is 31.4 Å². The lowest BCUT2D eigenvalue weighted by atomic mass is 9.86. The summed E-state index contributed by atoms with van der Waals surface area (Å²) in [5.41, 5.74) is 1.26. The number of hydrogen-bond donors (Lipinski definition) is 2. The van der Waals surface area contributed by atoms with Gasteiger partial charge in [-0.1, -0.05) is 36.7 Å². The molecule has 0 bridgehead atoms. The first kappa shape index (κ1) is 21.7. The molecular formula is C20H29ClN2O4. The van der Waals surface area contributed by atoms with Crippen molar-refractivity contribution in [1.29, 1.82) is 0 Å². The highest BCUT2D eigenvalue weighted by molar-refractivity contribution is 6.31. The van der Waals surface area contributed by atoms with Crippen LogP contribution in [-0.2, 0) is 16.1 Å². The maximum Gasteiger partial charge on any atom is 0.414 e. The fourth-order valence-electron chi connectivity index (χ4n) is 3.76. The Morgan fingerprint density at radius 1 is 1.00 bits per heavy atom. The van der Waals surface area contributed by atoms with E-state index in [1.165, 1.54) is 57.4 Å². The highest BCUT2D eigenvalue weighted by Crippen LogP contribution is 2.28. The largest absolute Gasteiger partial charge is 0.473 e. The first-order valence-electron chi connectivity index (χ1n) is 9.53. The molecular weight excluding hydrogens is 368 g/mol. The van der Waals surface area contributed by atoms with Crippen molar-refractivity contribution in [3.8, 4) is 0 Å². The minimum atomic E-state index is -1.82. The van der Waals surface area contributed by atoms with Crippen LogP contribution in [0, 0.1) is 5.92 Å². The van der Waals surface area contributed by atoms with Crippen LogP contribution in [0.15, 0.2) is 24.3 Å². The number of carbonyl (C=O) groups is 2. The monoisotopic (exact) mass is 396 g/mol. The predicted octanol–water partition coefficient (Wildman–Crippen LogP) is 3.19. The lowest BCUT2D eigenvalue weighted by molar-refractivity contribution is -0.159. The van der Waals surface area contributed by atoms with Crippen LogP contribution < -0.4 is 0 Å². The van der Waals surface area contributed by atoms with Gasteiger partial charge in [0.25, 0.3) is 0 Å². The van der Waals surface area contributed by atoms with E-state index in [1.54, 1.807) is 0 Å². The van der Waals surface area contributed by atoms with Crippen molar-refractivity contribution in [3.63, 3.8) is 0 Å². The zero-order chi connectivity index (χ0) is 19.8. The number of piperazine rings is 1. The van der Waals surface area contributed by atoms with Gasteiger partial charge in [-0.25, -0.2) is 9.59 Å². The Bertz CT molecular complexity index is 612. The number of carboxylic acid groups (broad SMARTS) is 2. The van der Waals surface area contributed by atoms with E-state index >= 15 is 0 Å². The Kier molecular flexibility index (Phi) is 8.54. The highest BCUT2D eigenvalue weighted by atomic mass is 35.5. The third kappa shape index (κ3) is 7.13. The van der Waals surface area contributed by atoms with E-state index in [0.29, 0.717) is 0 Å². The zero-order valence-electron chi connectivity index (χ0n) is 15.8. The molecule has 3 rings (SSSR count). The maximum absolute atomic E-state index is 9.10. The summed E-state index contributed by atoms with van der Waals surface area (Å²) in [5.74, 6) is -2.70. The van der Waals surface area contributed by atoms with E-state index in [-0.39, 0.29) is 0 Å². The average Bonchev–Trinajstić information content (AvgIpc) is 2.65. The second kappa shape index (κ2) is 10.6. The van der Waals surface area contributed by atoms with Gasteiger partial charge in [0, 0.05) is 43.8 Å². The van der Waals surface area contributed by atoms with Crippen LogP contribution >= 0.6 is 11.6 Å². The summed E-state index contributed by atoms with van der Waals surface area (Å²) in [5, 5.41) is 15.7. The van der Waals surface area contributed by atoms with E-state index in [0.717, 1.165) is 23.5 Å². The van der Waals surface area contributed by atoms with Crippen LogP contribution in [0.4, 0.5) is 0 Å². The number of benzene rings is 1. The van der Waals surface area contributed by atoms with Gasteiger partial charge in [-0.15, -0.1) is 0 Å². The van der Waals surface area contributed by atoms with E-state index < -0.39 is 11.9 Å². The van der Waals surface area contributed by atoms with Gasteiger partial charge < -0.3 is 10.2 Å². The molecule has 0 aromatic heterocycles. The van der Waals surface area contributed by atoms with E-state index in [9.17, 15) is 0 Å². The summed E-state index contributed by atoms with van der Waals surface area (Å²) in [4.78, 5) is 23.5. The average molecular weight is 397 g/mol. The Balaban J connectivity index is 0.000000380. The van der Waals surface area contributed by atoms with Gasteiger partial charge in [0.05, 0.1) is 0 Å². The second-order valence-corrected chi connectivity index (χ2v) is 7.83. The molecule has 1 aromatic rings. The van der Waals surface area contributed by atoms with Gasteiger partial charge in [-0.3, -0.25) is 9.80 Å². The van der Waals surface area contributed by atoms with Crippen molar-refractivity contribution in [2.45, 2.75) is 45.2 Å². The summed E-state index contributed by atoms with van der Waals surface area (Å²) < 4.78 is 0. The van der Waals surface area contributed by atoms with Crippen molar-refractivity contribution in [1.82, 2.24) is 9.80 Å². The lowest BCUT2D eigenvalue weighted by Crippen LogP contribution is -2.50. The zero-order valence-corrected chi connectivity index (χ0v) is 16.6. The summed E-state index contributed by atoms with van der Waals surface area (Å²) >= 11 is 6.27. The van der Waals surface area contributed by atoms with Crippen LogP contribution in [0.5, 0.6) is 0 Å². The summed E-state index contributed by atoms with van der Waals surface area (Å²) in [6.07, 6.45) is 5.66. The number of carboxylic acids is 2. The summed E-state index contributed by atoms with van der Waals surface area (Å²) in [6.45, 7) is 8.20. The fraction of sp³-hybridized carbons (Fsp3) is 0.600. The number of nitrogens with zero attached hydrogens (tertiary/aromatic N) is 2. The first-order chi connectivity index (χ1) is 12.9. The summed E-state index contributed by atoms with van der Waals surface area (Å²) in [7, 11) is 0. The molecule has 2 aliphatic rings. The van der Waals surface area contributed by atoms with Crippen molar-refractivity contribution in [2.24, 2.45) is 5.92 Å². The SMILES string of the molecule is CC1CCC(N2CCN(Cc3ccccc3Cl)CC2)CC1.O=C(O)C(=O)O. The topological polar surface area (TPSA) is 81.1 Å². The summed E-state index contributed by atoms with van der Waals surface area (Å²) in [6, 6.07) is 9.09. The van der Waals surface area contributed by atoms with Gasteiger partial charge >= 0.3 is 11.9 Å². The minimum Gasteiger partial charge on any atom is -0.473 e. The molecule has 0 radical (unpaired) electrons. The standard InChI is InChI=1S/C18H27ClN2.C2H2O4/c1-15-6-8-17(9-7-15)21-12-10-20(11-13-21)14-16-4-2-3-5-18(16)19;3-1(4)2(5)6/h2-5,15,17H,6-14H2,1H3;(H,3,4)(H,5,6). The molecule has 0 spiro atoms. The Labute approximate surface area is 165 Å². The van der Waals surface area contributed by atoms with Crippen LogP contribution in [0.1, 0.15) is 38.2 Å². The van der Waals surface area contributed by atoms with Gasteiger partial charge in [-0.05, 0) is 43.2 Å². The van der Waals surface area contributed by atoms with Crippen molar-refractivity contribution >= 4 is 23.5 Å². The molecule has 0 atom stereocenters. The predicted molar refractivity (Wildman–Crippen MR) is 105 cm³/mol. The third-order valence-corrected chi connectivity index (χ3v) is 5.81. The molecule has 2 N–H and O–H groups in total. The maximum atomic E-state index is 9.10. The van der Waals surface area contributed by atoms with Gasteiger partial charge in [-0.2, -0.15) is 0 Å². The molecule has 1 aliphatic heterocycles. The normalized spacial score (nSPS) is 23.9. The number of halogens is 1. The third-order valence-electron chi connectivity index (χ3n) is 5.44. The molecule has 27 heavy (non-hydrogen) atoms. The van der Waals surface area contributed by atoms with Crippen molar-refractivity contribution in [3.05, 3.63) is 34.9 Å².